The largest absolute Gasteiger partial charge is 0.481 e. The van der Waals surface area contributed by atoms with E-state index in [4.69, 9.17) is 5.11 Å². The van der Waals surface area contributed by atoms with Crippen LogP contribution in [0.1, 0.15) is 31.7 Å². The number of carboxylic acids is 1. The third kappa shape index (κ3) is 2.38. The van der Waals surface area contributed by atoms with Crippen molar-refractivity contribution in [2.24, 2.45) is 11.8 Å². The zero-order chi connectivity index (χ0) is 13.3. The number of carboxylic acid groups (broad SMARTS) is 1. The summed E-state index contributed by atoms with van der Waals surface area (Å²) in [5.41, 5.74) is -0.503. The summed E-state index contributed by atoms with van der Waals surface area (Å²) in [6.45, 7) is 3.89. The van der Waals surface area contributed by atoms with Crippen molar-refractivity contribution in [1.82, 2.24) is 10.3 Å². The molecule has 98 valence electrons. The van der Waals surface area contributed by atoms with Gasteiger partial charge in [0.25, 0.3) is 0 Å². The van der Waals surface area contributed by atoms with Gasteiger partial charge in [0.2, 0.25) is 5.91 Å². The monoisotopic (exact) mass is 268 g/mol. The van der Waals surface area contributed by atoms with Gasteiger partial charge in [0.15, 0.2) is 0 Å². The summed E-state index contributed by atoms with van der Waals surface area (Å²) in [7, 11) is 0. The van der Waals surface area contributed by atoms with E-state index in [1.807, 2.05) is 19.2 Å². The van der Waals surface area contributed by atoms with Gasteiger partial charge >= 0.3 is 5.97 Å². The Kier molecular flexibility index (Phi) is 3.38. The first-order chi connectivity index (χ1) is 8.48. The van der Waals surface area contributed by atoms with Crippen molar-refractivity contribution in [3.05, 3.63) is 16.6 Å². The fraction of sp³-hybridized carbons (Fsp3) is 0.583. The number of carbonyl (C=O) groups is 2. The molecule has 1 aliphatic rings. The molecule has 0 radical (unpaired) electrons. The van der Waals surface area contributed by atoms with Crippen molar-refractivity contribution in [2.45, 2.75) is 32.2 Å². The predicted octanol–water partition coefficient (Wildman–Crippen LogP) is 1.61. The van der Waals surface area contributed by atoms with Crippen LogP contribution in [0.15, 0.2) is 11.6 Å². The number of thiazole rings is 1. The van der Waals surface area contributed by atoms with Gasteiger partial charge in [-0.25, -0.2) is 4.98 Å². The second-order valence-corrected chi connectivity index (χ2v) is 5.69. The standard InChI is InChI=1S/C12H16N2O3S/c1-3-12(2,11-13-4-5-18-11)14-9(15)7-6-8(7)10(16)17/h4-5,7-8H,3,6H2,1-2H3,(H,14,15)(H,16,17). The molecule has 1 fully saturated rings. The van der Waals surface area contributed by atoms with Gasteiger partial charge in [-0.3, -0.25) is 9.59 Å². The van der Waals surface area contributed by atoms with E-state index in [1.165, 1.54) is 11.3 Å². The molecule has 1 aromatic heterocycles. The first-order valence-corrected chi connectivity index (χ1v) is 6.80. The third-order valence-electron chi connectivity index (χ3n) is 3.45. The highest BCUT2D eigenvalue weighted by Gasteiger charge is 2.49. The van der Waals surface area contributed by atoms with Gasteiger partial charge in [-0.05, 0) is 19.8 Å². The van der Waals surface area contributed by atoms with Crippen LogP contribution in [0.4, 0.5) is 0 Å². The van der Waals surface area contributed by atoms with E-state index in [0.29, 0.717) is 6.42 Å². The molecular formula is C12H16N2O3S. The van der Waals surface area contributed by atoms with Crippen molar-refractivity contribution < 1.29 is 14.7 Å². The molecule has 6 heteroatoms. The van der Waals surface area contributed by atoms with E-state index >= 15 is 0 Å². The van der Waals surface area contributed by atoms with Crippen LogP contribution in [0.2, 0.25) is 0 Å². The number of hydrogen-bond acceptors (Lipinski definition) is 4. The topological polar surface area (TPSA) is 79.3 Å². The maximum atomic E-state index is 12.0. The molecule has 2 rings (SSSR count). The third-order valence-corrected chi connectivity index (χ3v) is 4.49. The molecule has 0 spiro atoms. The second kappa shape index (κ2) is 4.68. The predicted molar refractivity (Wildman–Crippen MR) is 67.1 cm³/mol. The molecule has 3 atom stereocenters. The Hall–Kier alpha value is -1.43. The van der Waals surface area contributed by atoms with Crippen LogP contribution < -0.4 is 5.32 Å². The highest BCUT2D eigenvalue weighted by molar-refractivity contribution is 7.09. The first kappa shape index (κ1) is 13.0. The fourth-order valence-corrected chi connectivity index (χ4v) is 2.74. The van der Waals surface area contributed by atoms with Crippen molar-refractivity contribution in [2.75, 3.05) is 0 Å². The number of carbonyl (C=O) groups excluding carboxylic acids is 1. The zero-order valence-corrected chi connectivity index (χ0v) is 11.2. The number of aromatic nitrogens is 1. The van der Waals surface area contributed by atoms with E-state index in [2.05, 4.69) is 10.3 Å². The average Bonchev–Trinajstić information content (AvgIpc) is 2.95. The average molecular weight is 268 g/mol. The van der Waals surface area contributed by atoms with Crippen molar-refractivity contribution in [3.63, 3.8) is 0 Å². The molecule has 0 aromatic carbocycles. The Bertz CT molecular complexity index is 460. The molecule has 0 aliphatic heterocycles. The maximum absolute atomic E-state index is 12.0. The van der Waals surface area contributed by atoms with Gasteiger partial charge in [-0.15, -0.1) is 11.3 Å². The highest BCUT2D eigenvalue weighted by Crippen LogP contribution is 2.40. The number of nitrogens with one attached hydrogen (secondary N) is 1. The Morgan fingerprint density at radius 3 is 2.78 bits per heavy atom. The van der Waals surface area contributed by atoms with Crippen LogP contribution in [-0.2, 0) is 15.1 Å². The van der Waals surface area contributed by atoms with Crippen molar-refractivity contribution in [3.8, 4) is 0 Å². The van der Waals surface area contributed by atoms with Crippen molar-refractivity contribution >= 4 is 23.2 Å². The number of rotatable bonds is 5. The van der Waals surface area contributed by atoms with E-state index in [1.54, 1.807) is 6.20 Å². The van der Waals surface area contributed by atoms with Gasteiger partial charge in [0, 0.05) is 11.6 Å². The summed E-state index contributed by atoms with van der Waals surface area (Å²) in [5, 5.41) is 14.5. The lowest BCUT2D eigenvalue weighted by Gasteiger charge is -2.27. The number of amides is 1. The molecule has 1 heterocycles. The molecule has 1 saturated carbocycles. The molecule has 0 saturated heterocycles. The molecule has 3 unspecified atom stereocenters. The lowest BCUT2D eigenvalue weighted by molar-refractivity contribution is -0.140. The van der Waals surface area contributed by atoms with E-state index in [9.17, 15) is 9.59 Å². The minimum atomic E-state index is -0.886. The molecule has 2 N–H and O–H groups in total. The van der Waals surface area contributed by atoms with Crippen LogP contribution in [0.3, 0.4) is 0 Å². The fourth-order valence-electron chi connectivity index (χ4n) is 1.91. The smallest absolute Gasteiger partial charge is 0.307 e. The minimum Gasteiger partial charge on any atom is -0.481 e. The van der Waals surface area contributed by atoms with Gasteiger partial charge < -0.3 is 10.4 Å². The Balaban J connectivity index is 2.04. The summed E-state index contributed by atoms with van der Waals surface area (Å²) in [6.07, 6.45) is 2.87. The SMILES string of the molecule is CCC(C)(NC(=O)C1CC1C(=O)O)c1nccs1. The summed E-state index contributed by atoms with van der Waals surface area (Å²) in [6, 6.07) is 0. The molecule has 1 aliphatic carbocycles. The van der Waals surface area contributed by atoms with Crippen LogP contribution in [0, 0.1) is 11.8 Å². The normalized spacial score (nSPS) is 25.2. The highest BCUT2D eigenvalue weighted by atomic mass is 32.1. The van der Waals surface area contributed by atoms with Crippen LogP contribution in [0.25, 0.3) is 0 Å². The Labute approximate surface area is 109 Å². The number of aliphatic carboxylic acids is 1. The Morgan fingerprint density at radius 2 is 2.33 bits per heavy atom. The van der Waals surface area contributed by atoms with Gasteiger partial charge in [0.1, 0.15) is 5.01 Å². The van der Waals surface area contributed by atoms with E-state index in [0.717, 1.165) is 11.4 Å². The zero-order valence-electron chi connectivity index (χ0n) is 10.3. The van der Waals surface area contributed by atoms with E-state index in [-0.39, 0.29) is 11.8 Å². The summed E-state index contributed by atoms with van der Waals surface area (Å²) >= 11 is 1.49. The van der Waals surface area contributed by atoms with Gasteiger partial charge in [-0.1, -0.05) is 6.92 Å². The summed E-state index contributed by atoms with van der Waals surface area (Å²) in [5.74, 6) is -1.96. The lowest BCUT2D eigenvalue weighted by Crippen LogP contribution is -2.44. The van der Waals surface area contributed by atoms with E-state index < -0.39 is 17.4 Å². The molecule has 1 amide bonds. The summed E-state index contributed by atoms with van der Waals surface area (Å²) < 4.78 is 0. The molecule has 5 nitrogen and oxygen atoms in total. The lowest BCUT2D eigenvalue weighted by atomic mass is 9.99. The van der Waals surface area contributed by atoms with Gasteiger partial charge in [-0.2, -0.15) is 0 Å². The molecule has 0 bridgehead atoms. The Morgan fingerprint density at radius 1 is 1.61 bits per heavy atom. The maximum Gasteiger partial charge on any atom is 0.307 e. The number of nitrogens with zero attached hydrogens (tertiary/aromatic N) is 1. The van der Waals surface area contributed by atoms with Crippen molar-refractivity contribution in [1.29, 1.82) is 0 Å². The quantitative estimate of drug-likeness (QED) is 0.850. The minimum absolute atomic E-state index is 0.179. The van der Waals surface area contributed by atoms with Gasteiger partial charge in [0.05, 0.1) is 17.4 Å². The molecule has 1 aromatic rings. The number of hydrogen-bond donors (Lipinski definition) is 2. The molecule has 18 heavy (non-hydrogen) atoms. The van der Waals surface area contributed by atoms with Crippen LogP contribution in [-0.4, -0.2) is 22.0 Å². The first-order valence-electron chi connectivity index (χ1n) is 5.92. The second-order valence-electron chi connectivity index (χ2n) is 4.80. The van der Waals surface area contributed by atoms with Crippen LogP contribution in [0.5, 0.6) is 0 Å². The summed E-state index contributed by atoms with van der Waals surface area (Å²) in [4.78, 5) is 27.0. The molecular weight excluding hydrogens is 252 g/mol. The van der Waals surface area contributed by atoms with Crippen LogP contribution >= 0.6 is 11.3 Å².